The number of amides is 3. The molecule has 9 nitrogen and oxygen atoms in total. The van der Waals surface area contributed by atoms with Crippen molar-refractivity contribution in [1.29, 1.82) is 0 Å². The summed E-state index contributed by atoms with van der Waals surface area (Å²) in [7, 11) is 0. The number of aryl methyl sites for hydroxylation is 1. The highest BCUT2D eigenvalue weighted by atomic mass is 16.7. The zero-order valence-electron chi connectivity index (χ0n) is 19.5. The van der Waals surface area contributed by atoms with Crippen molar-refractivity contribution < 1.29 is 28.7 Å². The molecule has 9 heteroatoms. The number of hydrogen-bond acceptors (Lipinski definition) is 6. The summed E-state index contributed by atoms with van der Waals surface area (Å²) in [4.78, 5) is 52.9. The van der Waals surface area contributed by atoms with Crippen LogP contribution in [0.2, 0.25) is 0 Å². The summed E-state index contributed by atoms with van der Waals surface area (Å²) in [5.41, 5.74) is 1.51. The Morgan fingerprint density at radius 3 is 2.56 bits per heavy atom. The molecule has 5 atom stereocenters. The largest absolute Gasteiger partial charge is 0.433 e. The number of nitrogens with zero attached hydrogens (tertiary/aromatic N) is 1. The number of rotatable bonds is 6. The molecule has 0 bridgehead atoms. The van der Waals surface area contributed by atoms with E-state index in [1.807, 2.05) is 31.2 Å². The zero-order chi connectivity index (χ0) is 24.2. The van der Waals surface area contributed by atoms with Crippen LogP contribution in [0.1, 0.15) is 54.9 Å². The lowest BCUT2D eigenvalue weighted by Gasteiger charge is -2.34. The molecule has 2 fully saturated rings. The van der Waals surface area contributed by atoms with Crippen LogP contribution in [-0.2, 0) is 23.9 Å². The van der Waals surface area contributed by atoms with Crippen LogP contribution in [0.5, 0.6) is 0 Å². The van der Waals surface area contributed by atoms with Gasteiger partial charge >= 0.3 is 5.97 Å². The molecule has 34 heavy (non-hydrogen) atoms. The van der Waals surface area contributed by atoms with E-state index in [1.165, 1.54) is 0 Å². The molecule has 2 saturated heterocycles. The van der Waals surface area contributed by atoms with Crippen molar-refractivity contribution in [2.75, 3.05) is 6.61 Å². The van der Waals surface area contributed by atoms with Crippen molar-refractivity contribution in [2.45, 2.75) is 76.4 Å². The van der Waals surface area contributed by atoms with E-state index in [2.05, 4.69) is 10.6 Å². The molecule has 3 aliphatic heterocycles. The summed E-state index contributed by atoms with van der Waals surface area (Å²) in [6.45, 7) is 4.06. The predicted molar refractivity (Wildman–Crippen MR) is 123 cm³/mol. The van der Waals surface area contributed by atoms with Gasteiger partial charge in [-0.05, 0) is 51.7 Å². The van der Waals surface area contributed by atoms with E-state index in [1.54, 1.807) is 24.0 Å². The van der Waals surface area contributed by atoms with Crippen LogP contribution in [0.15, 0.2) is 36.4 Å². The molecule has 1 aromatic rings. The maximum absolute atomic E-state index is 13.6. The van der Waals surface area contributed by atoms with E-state index < -0.39 is 30.4 Å². The molecule has 3 aliphatic rings. The molecule has 1 aromatic carbocycles. The summed E-state index contributed by atoms with van der Waals surface area (Å²) < 4.78 is 10.6. The zero-order valence-corrected chi connectivity index (χ0v) is 19.5. The van der Waals surface area contributed by atoms with Crippen molar-refractivity contribution in [3.8, 4) is 0 Å². The first kappa shape index (κ1) is 23.9. The average molecular weight is 470 g/mol. The fourth-order valence-electron chi connectivity index (χ4n) is 4.79. The third kappa shape index (κ3) is 5.14. The average Bonchev–Trinajstić information content (AvgIpc) is 3.37. The van der Waals surface area contributed by atoms with Gasteiger partial charge in [0.05, 0.1) is 6.42 Å². The van der Waals surface area contributed by atoms with E-state index in [0.717, 1.165) is 5.56 Å². The van der Waals surface area contributed by atoms with Gasteiger partial charge in [0, 0.05) is 18.2 Å². The van der Waals surface area contributed by atoms with Gasteiger partial charge in [-0.3, -0.25) is 19.2 Å². The molecule has 2 unspecified atom stereocenters. The van der Waals surface area contributed by atoms with E-state index in [4.69, 9.17) is 9.47 Å². The van der Waals surface area contributed by atoms with Crippen LogP contribution >= 0.6 is 0 Å². The molecule has 0 radical (unpaired) electrons. The van der Waals surface area contributed by atoms with Gasteiger partial charge in [-0.25, -0.2) is 0 Å². The van der Waals surface area contributed by atoms with Gasteiger partial charge in [0.25, 0.3) is 5.91 Å². The Bertz CT molecular complexity index is 975. The molecule has 0 aromatic heterocycles. The minimum absolute atomic E-state index is 0.0263. The molecule has 182 valence electrons. The minimum atomic E-state index is -0.828. The second-order valence-electron chi connectivity index (χ2n) is 8.96. The minimum Gasteiger partial charge on any atom is -0.433 e. The predicted octanol–water partition coefficient (Wildman–Crippen LogP) is 1.60. The van der Waals surface area contributed by atoms with Crippen molar-refractivity contribution in [1.82, 2.24) is 15.5 Å². The summed E-state index contributed by atoms with van der Waals surface area (Å²) in [5, 5.41) is 5.70. The van der Waals surface area contributed by atoms with Crippen LogP contribution in [0.25, 0.3) is 0 Å². The lowest BCUT2D eigenvalue weighted by atomic mass is 10.0. The fourth-order valence-corrected chi connectivity index (χ4v) is 4.79. The van der Waals surface area contributed by atoms with Crippen LogP contribution < -0.4 is 10.6 Å². The number of nitrogens with one attached hydrogen (secondary N) is 2. The smallest absolute Gasteiger partial charge is 0.310 e. The van der Waals surface area contributed by atoms with Crippen LogP contribution in [-0.4, -0.2) is 65.7 Å². The number of fused-ring (bicyclic) bond motifs is 1. The van der Waals surface area contributed by atoms with Crippen LogP contribution in [0, 0.1) is 6.92 Å². The van der Waals surface area contributed by atoms with Crippen molar-refractivity contribution in [2.24, 2.45) is 0 Å². The summed E-state index contributed by atoms with van der Waals surface area (Å²) in [6, 6.07) is 4.97. The van der Waals surface area contributed by atoms with E-state index in [9.17, 15) is 19.2 Å². The highest BCUT2D eigenvalue weighted by molar-refractivity contribution is 5.98. The Kier molecular flexibility index (Phi) is 7.31. The number of hydrogen-bond donors (Lipinski definition) is 2. The lowest BCUT2D eigenvalue weighted by Crippen LogP contribution is -2.57. The fraction of sp³-hybridized carbons (Fsp3) is 0.520. The monoisotopic (exact) mass is 469 g/mol. The van der Waals surface area contributed by atoms with Gasteiger partial charge < -0.3 is 25.0 Å². The van der Waals surface area contributed by atoms with Crippen LogP contribution in [0.4, 0.5) is 0 Å². The number of ether oxygens (including phenoxy) is 2. The molecule has 0 aliphatic carbocycles. The Hall–Kier alpha value is -3.20. The van der Waals surface area contributed by atoms with E-state index in [0.29, 0.717) is 37.9 Å². The molecule has 3 heterocycles. The Morgan fingerprint density at radius 1 is 1.09 bits per heavy atom. The SMILES string of the molecule is CCOC1OC(=O)CC1NC(=O)[C@@H]1CC[C@H]2CC=CC[C@H](NC(=O)c3ccc(C)cc3)C(=O)N21. The Labute approximate surface area is 198 Å². The first-order valence-electron chi connectivity index (χ1n) is 11.8. The Morgan fingerprint density at radius 2 is 1.82 bits per heavy atom. The first-order chi connectivity index (χ1) is 16.4. The summed E-state index contributed by atoms with van der Waals surface area (Å²) in [6.07, 6.45) is 5.31. The van der Waals surface area contributed by atoms with Gasteiger partial charge in [0.15, 0.2) is 0 Å². The van der Waals surface area contributed by atoms with Crippen LogP contribution in [0.3, 0.4) is 0 Å². The third-order valence-corrected chi connectivity index (χ3v) is 6.54. The molecule has 0 spiro atoms. The molecule has 0 saturated carbocycles. The summed E-state index contributed by atoms with van der Waals surface area (Å²) in [5.74, 6) is -1.37. The maximum Gasteiger partial charge on any atom is 0.310 e. The van der Waals surface area contributed by atoms with E-state index >= 15 is 0 Å². The standard InChI is InChI=1S/C25H31N3O6/c1-3-33-25-19(14-21(29)34-25)27-23(31)20-13-12-17-6-4-5-7-18(24(32)28(17)20)26-22(30)16-10-8-15(2)9-11-16/h4-5,8-11,17-20,25H,3,6-7,12-14H2,1-2H3,(H,26,30)(H,27,31)/t17-,18+,19?,20+,25?/m1/s1. The molecule has 2 N–H and O–H groups in total. The number of esters is 1. The number of benzene rings is 1. The molecular weight excluding hydrogens is 438 g/mol. The lowest BCUT2D eigenvalue weighted by molar-refractivity contribution is -0.164. The van der Waals surface area contributed by atoms with Crippen molar-refractivity contribution in [3.63, 3.8) is 0 Å². The number of cyclic esters (lactones) is 1. The topological polar surface area (TPSA) is 114 Å². The van der Waals surface area contributed by atoms with Gasteiger partial charge in [0.2, 0.25) is 18.1 Å². The molecule has 3 amide bonds. The van der Waals surface area contributed by atoms with E-state index in [-0.39, 0.29) is 30.2 Å². The summed E-state index contributed by atoms with van der Waals surface area (Å²) >= 11 is 0. The number of carbonyl (C=O) groups is 4. The third-order valence-electron chi connectivity index (χ3n) is 6.54. The van der Waals surface area contributed by atoms with Gasteiger partial charge in [-0.2, -0.15) is 0 Å². The normalized spacial score (nSPS) is 28.6. The highest BCUT2D eigenvalue weighted by Crippen LogP contribution is 2.30. The molecule has 4 rings (SSSR count). The van der Waals surface area contributed by atoms with Gasteiger partial charge in [-0.1, -0.05) is 29.8 Å². The first-order valence-corrected chi connectivity index (χ1v) is 11.8. The quantitative estimate of drug-likeness (QED) is 0.483. The molecular formula is C25H31N3O6. The number of carbonyl (C=O) groups excluding carboxylic acids is 4. The van der Waals surface area contributed by atoms with Crippen molar-refractivity contribution >= 4 is 23.7 Å². The second kappa shape index (κ2) is 10.4. The second-order valence-corrected chi connectivity index (χ2v) is 8.96. The van der Waals surface area contributed by atoms with Gasteiger partial charge in [-0.15, -0.1) is 0 Å². The van der Waals surface area contributed by atoms with Crippen molar-refractivity contribution in [3.05, 3.63) is 47.5 Å². The van der Waals surface area contributed by atoms with Gasteiger partial charge in [0.1, 0.15) is 18.1 Å². The maximum atomic E-state index is 13.6. The Balaban J connectivity index is 1.48. The highest BCUT2D eigenvalue weighted by Gasteiger charge is 2.45.